The zero-order valence-electron chi connectivity index (χ0n) is 21.9. The van der Waals surface area contributed by atoms with E-state index in [9.17, 15) is 8.78 Å². The molecule has 0 aliphatic rings. The van der Waals surface area contributed by atoms with Gasteiger partial charge in [0, 0.05) is 11.0 Å². The lowest BCUT2D eigenvalue weighted by Crippen LogP contribution is -2.02. The Balaban J connectivity index is 0.000000215. The van der Waals surface area contributed by atoms with Gasteiger partial charge in [0.05, 0.1) is 31.2 Å². The van der Waals surface area contributed by atoms with Crippen molar-refractivity contribution in [1.29, 1.82) is 0 Å². The van der Waals surface area contributed by atoms with Crippen LogP contribution in [0.25, 0.3) is 9.69 Å². The molecule has 2 unspecified atom stereocenters. The minimum absolute atomic E-state index is 0.226. The molecular weight excluding hydrogens is 692 g/mol. The van der Waals surface area contributed by atoms with Crippen molar-refractivity contribution in [3.8, 4) is 0 Å². The fourth-order valence-electron chi connectivity index (χ4n) is 3.77. The Hall–Kier alpha value is -3.54. The second-order valence-electron chi connectivity index (χ2n) is 8.59. The molecule has 0 amide bonds. The molecule has 6 nitrogen and oxygen atoms in total. The van der Waals surface area contributed by atoms with E-state index in [0.29, 0.717) is 47.6 Å². The molecule has 0 saturated heterocycles. The Morgan fingerprint density at radius 1 is 0.614 bits per heavy atom. The third-order valence-corrected chi connectivity index (χ3v) is 8.28. The summed E-state index contributed by atoms with van der Waals surface area (Å²) >= 11 is 31.2. The summed E-state index contributed by atoms with van der Waals surface area (Å²) in [5.41, 5.74) is 1.83. The molecule has 2 aromatic heterocycles. The van der Waals surface area contributed by atoms with E-state index in [1.54, 1.807) is 60.7 Å². The summed E-state index contributed by atoms with van der Waals surface area (Å²) < 4.78 is 26.7. The predicted molar refractivity (Wildman–Crippen MR) is 169 cm³/mol. The maximum Gasteiger partial charge on any atom is 0.295 e. The van der Waals surface area contributed by atoms with Gasteiger partial charge in [-0.05, 0) is 60.7 Å². The standard InChI is InChI=1S/C18H9Cl2F2N3S.C12H6Cl3N3/c1-23-18(17-11(19)3-2-4-12(17)20)14-6-8-16(25-24-14)26-15-7-5-10(21)9-13(15)22;1-16-12(9-5-6-10(15)18-17-9)11-7(13)3-2-4-8(11)14/h2-9,18H;2-6,12H. The van der Waals surface area contributed by atoms with Crippen LogP contribution in [0, 0.1) is 24.8 Å². The smallest absolute Gasteiger partial charge is 0.295 e. The number of aromatic nitrogens is 4. The molecular formula is C30H15Cl5F2N6S. The second kappa shape index (κ2) is 15.5. The van der Waals surface area contributed by atoms with Crippen molar-refractivity contribution < 1.29 is 8.78 Å². The molecule has 2 atom stereocenters. The molecule has 3 aromatic carbocycles. The van der Waals surface area contributed by atoms with Gasteiger partial charge in [-0.25, -0.2) is 21.9 Å². The van der Waals surface area contributed by atoms with E-state index in [2.05, 4.69) is 30.1 Å². The molecule has 44 heavy (non-hydrogen) atoms. The van der Waals surface area contributed by atoms with Crippen molar-refractivity contribution in [2.45, 2.75) is 22.0 Å². The molecule has 5 aromatic rings. The number of halogens is 7. The normalized spacial score (nSPS) is 11.8. The van der Waals surface area contributed by atoms with Crippen LogP contribution in [0.15, 0.2) is 88.8 Å². The van der Waals surface area contributed by atoms with Gasteiger partial charge < -0.3 is 9.69 Å². The molecule has 0 fully saturated rings. The van der Waals surface area contributed by atoms with Gasteiger partial charge in [0.2, 0.25) is 0 Å². The molecule has 2 heterocycles. The highest BCUT2D eigenvalue weighted by Crippen LogP contribution is 2.37. The van der Waals surface area contributed by atoms with Crippen LogP contribution >= 0.6 is 69.8 Å². The van der Waals surface area contributed by atoms with Crippen LogP contribution in [0.5, 0.6) is 0 Å². The van der Waals surface area contributed by atoms with Crippen LogP contribution < -0.4 is 0 Å². The number of benzene rings is 3. The maximum atomic E-state index is 13.7. The monoisotopic (exact) mass is 704 g/mol. The van der Waals surface area contributed by atoms with Crippen LogP contribution in [0.4, 0.5) is 8.78 Å². The first-order valence-corrected chi connectivity index (χ1v) is 14.9. The first-order chi connectivity index (χ1) is 21.1. The minimum atomic E-state index is -0.801. The zero-order valence-corrected chi connectivity index (χ0v) is 26.5. The molecule has 0 radical (unpaired) electrons. The van der Waals surface area contributed by atoms with Crippen molar-refractivity contribution in [2.24, 2.45) is 0 Å². The maximum absolute atomic E-state index is 13.7. The molecule has 0 spiro atoms. The summed E-state index contributed by atoms with van der Waals surface area (Å²) in [6.07, 6.45) is 0. The Morgan fingerprint density at radius 3 is 1.52 bits per heavy atom. The van der Waals surface area contributed by atoms with Gasteiger partial charge in [-0.3, -0.25) is 0 Å². The number of hydrogen-bond donors (Lipinski definition) is 0. The zero-order chi connectivity index (χ0) is 31.8. The lowest BCUT2D eigenvalue weighted by Gasteiger charge is -2.09. The molecule has 5 rings (SSSR count). The first kappa shape index (κ1) is 33.4. The SMILES string of the molecule is [C-]#[N+]C(c1ccc(Cl)nn1)c1c(Cl)cccc1Cl.[C-]#[N+]C(c1ccc(Sc2ccc(F)cc2F)nn1)c1c(Cl)cccc1Cl. The molecule has 0 saturated carbocycles. The van der Waals surface area contributed by atoms with Gasteiger partial charge in [-0.2, -0.15) is 0 Å². The largest absolute Gasteiger partial charge is 0.301 e. The van der Waals surface area contributed by atoms with Crippen molar-refractivity contribution >= 4 is 69.8 Å². The minimum Gasteiger partial charge on any atom is -0.301 e. The van der Waals surface area contributed by atoms with Crippen molar-refractivity contribution in [2.75, 3.05) is 0 Å². The summed E-state index contributed by atoms with van der Waals surface area (Å²) in [4.78, 5) is 7.30. The summed E-state index contributed by atoms with van der Waals surface area (Å²) in [6, 6.07) is 18.3. The van der Waals surface area contributed by atoms with Crippen LogP contribution in [0.3, 0.4) is 0 Å². The van der Waals surface area contributed by atoms with E-state index < -0.39 is 23.7 Å². The third kappa shape index (κ3) is 8.13. The van der Waals surface area contributed by atoms with E-state index in [0.717, 1.165) is 17.8 Å². The average molecular weight is 707 g/mol. The fraction of sp³-hybridized carbons (Fsp3) is 0.0667. The summed E-state index contributed by atoms with van der Waals surface area (Å²) in [7, 11) is 0. The van der Waals surface area contributed by atoms with E-state index in [1.807, 2.05) is 0 Å². The van der Waals surface area contributed by atoms with Gasteiger partial charge in [0.15, 0.2) is 5.15 Å². The van der Waals surface area contributed by atoms with Gasteiger partial charge in [0.25, 0.3) is 12.1 Å². The van der Waals surface area contributed by atoms with E-state index in [1.165, 1.54) is 12.1 Å². The highest BCUT2D eigenvalue weighted by atomic mass is 35.5. The number of nitrogens with zero attached hydrogens (tertiary/aromatic N) is 6. The number of hydrogen-bond acceptors (Lipinski definition) is 5. The van der Waals surface area contributed by atoms with Crippen molar-refractivity contribution in [3.63, 3.8) is 0 Å². The summed E-state index contributed by atoms with van der Waals surface area (Å²) in [6.45, 7) is 14.7. The Kier molecular flexibility index (Phi) is 11.7. The lowest BCUT2D eigenvalue weighted by atomic mass is 10.0. The Morgan fingerprint density at radius 2 is 1.11 bits per heavy atom. The lowest BCUT2D eigenvalue weighted by molar-refractivity contribution is 0.565. The van der Waals surface area contributed by atoms with E-state index in [4.69, 9.17) is 71.1 Å². The van der Waals surface area contributed by atoms with Gasteiger partial charge in [-0.1, -0.05) is 81.9 Å². The van der Waals surface area contributed by atoms with E-state index >= 15 is 0 Å². The molecule has 0 aliphatic carbocycles. The van der Waals surface area contributed by atoms with Crippen LogP contribution in [0.2, 0.25) is 25.2 Å². The second-order valence-corrected chi connectivity index (χ2v) is 11.7. The van der Waals surface area contributed by atoms with Gasteiger partial charge in [0.1, 0.15) is 28.0 Å². The van der Waals surface area contributed by atoms with Crippen molar-refractivity contribution in [3.05, 3.63) is 161 Å². The highest BCUT2D eigenvalue weighted by molar-refractivity contribution is 7.99. The molecule has 14 heteroatoms. The van der Waals surface area contributed by atoms with E-state index in [-0.39, 0.29) is 10.0 Å². The quantitative estimate of drug-likeness (QED) is 0.165. The third-order valence-electron chi connectivity index (χ3n) is 5.79. The highest BCUT2D eigenvalue weighted by Gasteiger charge is 2.27. The molecule has 220 valence electrons. The fourth-order valence-corrected chi connectivity index (χ4v) is 5.82. The van der Waals surface area contributed by atoms with Crippen LogP contribution in [-0.4, -0.2) is 20.4 Å². The number of rotatable bonds is 6. The summed E-state index contributed by atoms with van der Waals surface area (Å²) in [5, 5.41) is 18.0. The molecule has 0 bridgehead atoms. The van der Waals surface area contributed by atoms with Crippen molar-refractivity contribution in [1.82, 2.24) is 20.4 Å². The first-order valence-electron chi connectivity index (χ1n) is 12.2. The predicted octanol–water partition coefficient (Wildman–Crippen LogP) is 10.7. The average Bonchev–Trinajstić information content (AvgIpc) is 3.00. The summed E-state index contributed by atoms with van der Waals surface area (Å²) in [5.74, 6) is -1.33. The Bertz CT molecular complexity index is 1820. The van der Waals surface area contributed by atoms with Gasteiger partial charge >= 0.3 is 0 Å². The molecule has 0 N–H and O–H groups in total. The van der Waals surface area contributed by atoms with Gasteiger partial charge in [-0.15, -0.1) is 20.4 Å². The topological polar surface area (TPSA) is 60.3 Å². The Labute approximate surface area is 280 Å². The molecule has 0 aliphatic heterocycles. The van der Waals surface area contributed by atoms with Crippen LogP contribution in [0.1, 0.15) is 34.6 Å². The van der Waals surface area contributed by atoms with Crippen LogP contribution in [-0.2, 0) is 0 Å².